The molecule has 3 N–H and O–H groups in total. The Morgan fingerprint density at radius 1 is 1.16 bits per heavy atom. The van der Waals surface area contributed by atoms with Crippen molar-refractivity contribution in [3.63, 3.8) is 0 Å². The van der Waals surface area contributed by atoms with Gasteiger partial charge >= 0.3 is 11.8 Å². The van der Waals surface area contributed by atoms with E-state index in [4.69, 9.17) is 5.73 Å². The van der Waals surface area contributed by atoms with Crippen molar-refractivity contribution in [1.29, 1.82) is 0 Å². The number of anilines is 2. The summed E-state index contributed by atoms with van der Waals surface area (Å²) in [6, 6.07) is 9.96. The fraction of sp³-hybridized carbons (Fsp3) is 0.333. The average molecular weight is 418 g/mol. The molecule has 4 rings (SSSR count). The number of likely N-dealkylation sites (tertiary alicyclic amines) is 1. The normalized spacial score (nSPS) is 18.7. The van der Waals surface area contributed by atoms with Crippen LogP contribution in [0.4, 0.5) is 11.5 Å². The number of nitrogens with two attached hydrogens (primary N) is 1. The number of carbonyl (C=O) groups is 2. The summed E-state index contributed by atoms with van der Waals surface area (Å²) < 4.78 is 0. The molecule has 1 fully saturated rings. The first kappa shape index (κ1) is 20.8. The van der Waals surface area contributed by atoms with Crippen molar-refractivity contribution >= 4 is 34.1 Å². The van der Waals surface area contributed by atoms with E-state index in [2.05, 4.69) is 40.4 Å². The number of benzene rings is 1. The van der Waals surface area contributed by atoms with Crippen molar-refractivity contribution in [1.82, 2.24) is 14.9 Å². The van der Waals surface area contributed by atoms with Crippen molar-refractivity contribution < 1.29 is 9.59 Å². The first-order valence-electron chi connectivity index (χ1n) is 10.6. The fourth-order valence-electron chi connectivity index (χ4n) is 4.17. The summed E-state index contributed by atoms with van der Waals surface area (Å²) in [5.41, 5.74) is 8.10. The summed E-state index contributed by atoms with van der Waals surface area (Å²) in [6.07, 6.45) is 7.71. The van der Waals surface area contributed by atoms with Gasteiger partial charge in [0.2, 0.25) is 0 Å². The summed E-state index contributed by atoms with van der Waals surface area (Å²) in [5.74, 6) is -0.387. The van der Waals surface area contributed by atoms with Crippen LogP contribution >= 0.6 is 0 Å². The van der Waals surface area contributed by atoms with Gasteiger partial charge in [0, 0.05) is 30.4 Å². The van der Waals surface area contributed by atoms with Crippen LogP contribution in [0.15, 0.2) is 48.9 Å². The van der Waals surface area contributed by atoms with Gasteiger partial charge in [-0.3, -0.25) is 14.6 Å². The first-order valence-corrected chi connectivity index (χ1v) is 10.6. The maximum atomic E-state index is 13.1. The van der Waals surface area contributed by atoms with Gasteiger partial charge in [-0.1, -0.05) is 25.1 Å². The molecule has 1 aromatic carbocycles. The van der Waals surface area contributed by atoms with E-state index in [0.717, 1.165) is 34.7 Å². The second kappa shape index (κ2) is 8.71. The predicted molar refractivity (Wildman–Crippen MR) is 121 cm³/mol. The van der Waals surface area contributed by atoms with Crippen molar-refractivity contribution in [2.45, 2.75) is 39.2 Å². The molecule has 1 saturated heterocycles. The average Bonchev–Trinajstić information content (AvgIpc) is 2.77. The van der Waals surface area contributed by atoms with E-state index < -0.39 is 11.8 Å². The Balaban J connectivity index is 1.50. The van der Waals surface area contributed by atoms with Gasteiger partial charge in [-0.05, 0) is 60.7 Å². The lowest BCUT2D eigenvalue weighted by atomic mass is 9.90. The standard InChI is InChI=1S/C24H27N5O2/c1-15-3-6-21(11-17-4-5-19-12-26-8-7-18(19)10-17)29(14-15)24(31)23(30)28-20-9-16(2)22(25)27-13-20/h4-5,7-10,12-13,15,21H,3,6,11,14H2,1-2H3,(H2,25,27)(H,28,30)/t15-,21?/m0/s1. The number of amides is 2. The number of aryl methyl sites for hydroxylation is 1. The minimum atomic E-state index is -0.644. The molecule has 0 radical (unpaired) electrons. The number of nitrogens with zero attached hydrogens (tertiary/aromatic N) is 3. The Hall–Kier alpha value is -3.48. The lowest BCUT2D eigenvalue weighted by molar-refractivity contribution is -0.146. The number of fused-ring (bicyclic) bond motifs is 1. The van der Waals surface area contributed by atoms with Crippen molar-refractivity contribution in [3.8, 4) is 0 Å². The van der Waals surface area contributed by atoms with Crippen molar-refractivity contribution in [2.24, 2.45) is 5.92 Å². The van der Waals surface area contributed by atoms with Gasteiger partial charge < -0.3 is 16.0 Å². The van der Waals surface area contributed by atoms with Crippen LogP contribution in [-0.4, -0.2) is 39.3 Å². The maximum Gasteiger partial charge on any atom is 0.313 e. The summed E-state index contributed by atoms with van der Waals surface area (Å²) in [7, 11) is 0. The molecule has 31 heavy (non-hydrogen) atoms. The number of nitrogens with one attached hydrogen (secondary N) is 1. The van der Waals surface area contributed by atoms with E-state index >= 15 is 0 Å². The molecule has 0 saturated carbocycles. The fourth-order valence-corrected chi connectivity index (χ4v) is 4.17. The second-order valence-electron chi connectivity index (χ2n) is 8.44. The summed E-state index contributed by atoms with van der Waals surface area (Å²) in [6.45, 7) is 4.50. The number of hydrogen-bond donors (Lipinski definition) is 2. The predicted octanol–water partition coefficient (Wildman–Crippen LogP) is 3.33. The van der Waals surface area contributed by atoms with E-state index in [9.17, 15) is 9.59 Å². The Kier molecular flexibility index (Phi) is 5.84. The number of pyridine rings is 2. The van der Waals surface area contributed by atoms with Gasteiger partial charge in [0.05, 0.1) is 11.9 Å². The van der Waals surface area contributed by atoms with Crippen molar-refractivity contribution in [2.75, 3.05) is 17.6 Å². The molecule has 7 heteroatoms. The number of nitrogen functional groups attached to an aromatic ring is 1. The third-order valence-electron chi connectivity index (χ3n) is 5.95. The Labute approximate surface area is 181 Å². The van der Waals surface area contributed by atoms with Crippen LogP contribution in [0.5, 0.6) is 0 Å². The highest BCUT2D eigenvalue weighted by atomic mass is 16.2. The van der Waals surface area contributed by atoms with Crippen LogP contribution in [-0.2, 0) is 16.0 Å². The molecule has 1 aliphatic heterocycles. The smallest absolute Gasteiger partial charge is 0.313 e. The molecule has 1 unspecified atom stereocenters. The van der Waals surface area contributed by atoms with Crippen LogP contribution in [0.25, 0.3) is 10.8 Å². The van der Waals surface area contributed by atoms with Crippen LogP contribution in [0.1, 0.15) is 30.9 Å². The van der Waals surface area contributed by atoms with E-state index in [0.29, 0.717) is 30.4 Å². The van der Waals surface area contributed by atoms with E-state index in [1.807, 2.05) is 19.2 Å². The third-order valence-corrected chi connectivity index (χ3v) is 5.95. The largest absolute Gasteiger partial charge is 0.383 e. The minimum absolute atomic E-state index is 0.0139. The summed E-state index contributed by atoms with van der Waals surface area (Å²) in [4.78, 5) is 35.7. The Morgan fingerprint density at radius 2 is 2.00 bits per heavy atom. The van der Waals surface area contributed by atoms with E-state index in [1.165, 1.54) is 6.20 Å². The lowest BCUT2D eigenvalue weighted by Gasteiger charge is -2.38. The first-order chi connectivity index (χ1) is 14.9. The Morgan fingerprint density at radius 3 is 2.81 bits per heavy atom. The molecular formula is C24H27N5O2. The molecule has 7 nitrogen and oxygen atoms in total. The summed E-state index contributed by atoms with van der Waals surface area (Å²) >= 11 is 0. The van der Waals surface area contributed by atoms with Gasteiger partial charge in [-0.25, -0.2) is 4.98 Å². The zero-order valence-electron chi connectivity index (χ0n) is 17.8. The van der Waals surface area contributed by atoms with Gasteiger partial charge in [0.15, 0.2) is 0 Å². The van der Waals surface area contributed by atoms with Crippen LogP contribution in [0.2, 0.25) is 0 Å². The molecule has 2 atom stereocenters. The van der Waals surface area contributed by atoms with E-state index in [1.54, 1.807) is 17.2 Å². The molecule has 3 heterocycles. The highest BCUT2D eigenvalue weighted by molar-refractivity contribution is 6.39. The highest BCUT2D eigenvalue weighted by Crippen LogP contribution is 2.26. The second-order valence-corrected chi connectivity index (χ2v) is 8.44. The zero-order chi connectivity index (χ0) is 22.0. The SMILES string of the molecule is Cc1cc(NC(=O)C(=O)N2C[C@@H](C)CCC2Cc2ccc3cnccc3c2)cnc1N. The van der Waals surface area contributed by atoms with Crippen molar-refractivity contribution in [3.05, 3.63) is 60.0 Å². The molecule has 3 aromatic rings. The number of hydrogen-bond acceptors (Lipinski definition) is 5. The van der Waals surface area contributed by atoms with Gasteiger partial charge in [-0.2, -0.15) is 0 Å². The quantitative estimate of drug-likeness (QED) is 0.637. The molecule has 0 bridgehead atoms. The van der Waals surface area contributed by atoms with Gasteiger partial charge in [0.25, 0.3) is 0 Å². The van der Waals surface area contributed by atoms with Gasteiger partial charge in [0.1, 0.15) is 5.82 Å². The maximum absolute atomic E-state index is 13.1. The van der Waals surface area contributed by atoms with E-state index in [-0.39, 0.29) is 6.04 Å². The van der Waals surface area contributed by atoms with Crippen LogP contribution in [0, 0.1) is 12.8 Å². The molecular weight excluding hydrogens is 390 g/mol. The number of rotatable bonds is 3. The topological polar surface area (TPSA) is 101 Å². The number of aromatic nitrogens is 2. The highest BCUT2D eigenvalue weighted by Gasteiger charge is 2.33. The third kappa shape index (κ3) is 4.66. The minimum Gasteiger partial charge on any atom is -0.383 e. The zero-order valence-corrected chi connectivity index (χ0v) is 17.8. The summed E-state index contributed by atoms with van der Waals surface area (Å²) in [5, 5.41) is 4.89. The molecule has 1 aliphatic rings. The monoisotopic (exact) mass is 417 g/mol. The molecule has 160 valence electrons. The van der Waals surface area contributed by atoms with Crippen LogP contribution < -0.4 is 11.1 Å². The lowest BCUT2D eigenvalue weighted by Crippen LogP contribution is -2.51. The molecule has 0 aliphatic carbocycles. The van der Waals surface area contributed by atoms with Crippen LogP contribution in [0.3, 0.4) is 0 Å². The number of piperidine rings is 1. The number of carbonyl (C=O) groups excluding carboxylic acids is 2. The molecule has 2 amide bonds. The molecule has 0 spiro atoms. The molecule has 2 aromatic heterocycles. The Bertz CT molecular complexity index is 1130. The van der Waals surface area contributed by atoms with Gasteiger partial charge in [-0.15, -0.1) is 0 Å².